The van der Waals surface area contributed by atoms with E-state index >= 15 is 0 Å². The van der Waals surface area contributed by atoms with Gasteiger partial charge in [0.05, 0.1) is 31.5 Å². The number of methoxy groups -OCH3 is 2. The molecule has 0 aliphatic carbocycles. The van der Waals surface area contributed by atoms with Crippen molar-refractivity contribution in [3.63, 3.8) is 0 Å². The van der Waals surface area contributed by atoms with Gasteiger partial charge in [0.15, 0.2) is 0 Å². The second kappa shape index (κ2) is 8.72. The van der Waals surface area contributed by atoms with Crippen LogP contribution in [-0.2, 0) is 12.6 Å². The average Bonchev–Trinajstić information content (AvgIpc) is 2.73. The average molecular weight is 406 g/mol. The second-order valence-corrected chi connectivity index (χ2v) is 5.86. The van der Waals surface area contributed by atoms with Gasteiger partial charge in [0.1, 0.15) is 6.10 Å². The lowest BCUT2D eigenvalue weighted by molar-refractivity contribution is -0.137. The minimum Gasteiger partial charge on any atom is -0.481 e. The van der Waals surface area contributed by atoms with Crippen molar-refractivity contribution in [2.75, 3.05) is 14.2 Å². The molecule has 0 spiro atoms. The minimum absolute atomic E-state index is 0.0463. The minimum atomic E-state index is -4.43. The lowest BCUT2D eigenvalue weighted by Crippen LogP contribution is -2.14. The van der Waals surface area contributed by atoms with Gasteiger partial charge in [0.2, 0.25) is 11.8 Å². The van der Waals surface area contributed by atoms with E-state index in [0.717, 1.165) is 12.1 Å². The van der Waals surface area contributed by atoms with E-state index in [0.29, 0.717) is 11.3 Å². The largest absolute Gasteiger partial charge is 0.481 e. The molecule has 3 rings (SSSR count). The fourth-order valence-corrected chi connectivity index (χ4v) is 2.51. The molecule has 29 heavy (non-hydrogen) atoms. The molecule has 10 heteroatoms. The second-order valence-electron chi connectivity index (χ2n) is 5.86. The molecular weight excluding hydrogens is 389 g/mol. The van der Waals surface area contributed by atoms with E-state index in [2.05, 4.69) is 19.9 Å². The molecule has 0 saturated carbocycles. The molecule has 0 fully saturated rings. The van der Waals surface area contributed by atoms with Gasteiger partial charge in [-0.3, -0.25) is 9.97 Å². The smallest absolute Gasteiger partial charge is 0.416 e. The van der Waals surface area contributed by atoms with Gasteiger partial charge in [-0.25, -0.2) is 0 Å². The van der Waals surface area contributed by atoms with Gasteiger partial charge in [-0.15, -0.1) is 0 Å². The molecule has 1 aromatic carbocycles. The highest BCUT2D eigenvalue weighted by Gasteiger charge is 2.30. The highest BCUT2D eigenvalue weighted by molar-refractivity contribution is 5.28. The van der Waals surface area contributed by atoms with E-state index in [-0.39, 0.29) is 24.2 Å². The zero-order valence-corrected chi connectivity index (χ0v) is 15.6. The number of hydrogen-bond acceptors (Lipinski definition) is 7. The number of benzene rings is 1. The molecule has 0 amide bonds. The Labute approximate surface area is 164 Å². The molecule has 1 unspecified atom stereocenters. The first kappa shape index (κ1) is 20.3. The Morgan fingerprint density at radius 3 is 2.14 bits per heavy atom. The van der Waals surface area contributed by atoms with Crippen LogP contribution in [0.3, 0.4) is 0 Å². The first-order valence-electron chi connectivity index (χ1n) is 8.45. The fourth-order valence-electron chi connectivity index (χ4n) is 2.51. The van der Waals surface area contributed by atoms with Crippen molar-refractivity contribution in [1.82, 2.24) is 19.9 Å². The van der Waals surface area contributed by atoms with Crippen LogP contribution in [0.2, 0.25) is 0 Å². The summed E-state index contributed by atoms with van der Waals surface area (Å²) in [7, 11) is 2.86. The summed E-state index contributed by atoms with van der Waals surface area (Å²) in [6.07, 6.45) is -0.318. The number of rotatable bonds is 7. The van der Waals surface area contributed by atoms with Crippen LogP contribution in [0.1, 0.15) is 22.9 Å². The number of halogens is 3. The highest BCUT2D eigenvalue weighted by atomic mass is 19.4. The van der Waals surface area contributed by atoms with E-state index in [1.54, 1.807) is 6.20 Å². The standard InChI is InChI=1S/C19H17F3N4O3/c1-27-16-10-17(28-2)26-18(25-16)29-15(9-14-11-23-7-8-24-14)12-3-5-13(6-4-12)19(20,21)22/h3-8,10-11,15H,9H2,1-2H3. The van der Waals surface area contributed by atoms with Crippen LogP contribution in [0.5, 0.6) is 17.8 Å². The maximum absolute atomic E-state index is 12.9. The van der Waals surface area contributed by atoms with Crippen LogP contribution < -0.4 is 14.2 Å². The summed E-state index contributed by atoms with van der Waals surface area (Å²) in [5, 5.41) is 0. The van der Waals surface area contributed by atoms with Gasteiger partial charge >= 0.3 is 12.2 Å². The Hall–Kier alpha value is -3.43. The van der Waals surface area contributed by atoms with Gasteiger partial charge in [-0.2, -0.15) is 23.1 Å². The van der Waals surface area contributed by atoms with Gasteiger partial charge in [0.25, 0.3) is 0 Å². The Balaban J connectivity index is 1.93. The summed E-state index contributed by atoms with van der Waals surface area (Å²) >= 11 is 0. The third-order valence-corrected chi connectivity index (χ3v) is 3.95. The zero-order valence-electron chi connectivity index (χ0n) is 15.6. The van der Waals surface area contributed by atoms with Crippen LogP contribution in [0.15, 0.2) is 48.9 Å². The van der Waals surface area contributed by atoms with E-state index in [9.17, 15) is 13.2 Å². The lowest BCUT2D eigenvalue weighted by atomic mass is 10.0. The molecule has 0 N–H and O–H groups in total. The number of aromatic nitrogens is 4. The lowest BCUT2D eigenvalue weighted by Gasteiger charge is -2.19. The predicted molar refractivity (Wildman–Crippen MR) is 95.7 cm³/mol. The van der Waals surface area contributed by atoms with Gasteiger partial charge in [-0.1, -0.05) is 12.1 Å². The van der Waals surface area contributed by atoms with E-state index in [1.807, 2.05) is 0 Å². The van der Waals surface area contributed by atoms with Crippen LogP contribution in [-0.4, -0.2) is 34.2 Å². The first-order valence-corrected chi connectivity index (χ1v) is 8.45. The predicted octanol–water partition coefficient (Wildman–Crippen LogP) is 3.67. The molecular formula is C19H17F3N4O3. The van der Waals surface area contributed by atoms with E-state index in [1.165, 1.54) is 44.8 Å². The summed E-state index contributed by atoms with van der Waals surface area (Å²) in [5.41, 5.74) is 0.333. The third kappa shape index (κ3) is 5.31. The summed E-state index contributed by atoms with van der Waals surface area (Å²) in [6.45, 7) is 0. The van der Waals surface area contributed by atoms with Crippen molar-refractivity contribution in [2.45, 2.75) is 18.7 Å². The van der Waals surface area contributed by atoms with Crippen LogP contribution in [0.25, 0.3) is 0 Å². The molecule has 1 atom stereocenters. The number of alkyl halides is 3. The summed E-state index contributed by atoms with van der Waals surface area (Å²) in [5.74, 6) is 0.440. The Kier molecular flexibility index (Phi) is 6.10. The molecule has 0 aliphatic rings. The number of ether oxygens (including phenoxy) is 3. The van der Waals surface area contributed by atoms with Gasteiger partial charge in [-0.05, 0) is 17.7 Å². The monoisotopic (exact) mass is 406 g/mol. The first-order chi connectivity index (χ1) is 13.9. The molecule has 152 valence electrons. The van der Waals surface area contributed by atoms with Crippen molar-refractivity contribution in [1.29, 1.82) is 0 Å². The molecule has 0 bridgehead atoms. The summed E-state index contributed by atoms with van der Waals surface area (Å²) < 4.78 is 54.7. The van der Waals surface area contributed by atoms with Crippen molar-refractivity contribution in [3.05, 3.63) is 65.7 Å². The third-order valence-electron chi connectivity index (χ3n) is 3.95. The fraction of sp³-hybridized carbons (Fsp3) is 0.263. The highest BCUT2D eigenvalue weighted by Crippen LogP contribution is 2.31. The Morgan fingerprint density at radius 1 is 0.966 bits per heavy atom. The molecule has 2 heterocycles. The van der Waals surface area contributed by atoms with Crippen LogP contribution >= 0.6 is 0 Å². The van der Waals surface area contributed by atoms with Crippen LogP contribution in [0, 0.1) is 0 Å². The molecule has 7 nitrogen and oxygen atoms in total. The van der Waals surface area contributed by atoms with Gasteiger partial charge in [0, 0.05) is 25.0 Å². The topological polar surface area (TPSA) is 79.2 Å². The van der Waals surface area contributed by atoms with Crippen LogP contribution in [0.4, 0.5) is 13.2 Å². The van der Waals surface area contributed by atoms with E-state index in [4.69, 9.17) is 14.2 Å². The van der Waals surface area contributed by atoms with Crippen molar-refractivity contribution >= 4 is 0 Å². The molecule has 0 saturated heterocycles. The van der Waals surface area contributed by atoms with E-state index < -0.39 is 17.8 Å². The maximum Gasteiger partial charge on any atom is 0.416 e. The normalized spacial score (nSPS) is 12.3. The summed E-state index contributed by atoms with van der Waals surface area (Å²) in [6, 6.07) is 6.12. The Bertz CT molecular complexity index is 915. The van der Waals surface area contributed by atoms with Crippen molar-refractivity contribution in [2.24, 2.45) is 0 Å². The Morgan fingerprint density at radius 2 is 1.62 bits per heavy atom. The van der Waals surface area contributed by atoms with Gasteiger partial charge < -0.3 is 14.2 Å². The quantitative estimate of drug-likeness (QED) is 0.592. The van der Waals surface area contributed by atoms with Crippen molar-refractivity contribution < 1.29 is 27.4 Å². The number of hydrogen-bond donors (Lipinski definition) is 0. The molecule has 2 aromatic heterocycles. The van der Waals surface area contributed by atoms with Crippen molar-refractivity contribution in [3.8, 4) is 17.8 Å². The number of nitrogens with zero attached hydrogens (tertiary/aromatic N) is 4. The molecule has 3 aromatic rings. The zero-order chi connectivity index (χ0) is 20.9. The molecule has 0 radical (unpaired) electrons. The summed E-state index contributed by atoms with van der Waals surface area (Å²) in [4.78, 5) is 16.4. The maximum atomic E-state index is 12.9. The molecule has 0 aliphatic heterocycles. The SMILES string of the molecule is COc1cc(OC)nc(OC(Cc2cnccn2)c2ccc(C(F)(F)F)cc2)n1.